The number of methoxy groups -OCH3 is 1. The molecular weight excluding hydrogens is 240 g/mol. The van der Waals surface area contributed by atoms with E-state index in [-0.39, 0.29) is 11.9 Å². The van der Waals surface area contributed by atoms with Gasteiger partial charge in [0.25, 0.3) is 0 Å². The molecule has 19 heavy (non-hydrogen) atoms. The van der Waals surface area contributed by atoms with Gasteiger partial charge in [0, 0.05) is 19.1 Å². The smallest absolute Gasteiger partial charge is 0.227 e. The summed E-state index contributed by atoms with van der Waals surface area (Å²) in [5.74, 6) is 1.38. The van der Waals surface area contributed by atoms with Crippen LogP contribution in [0.1, 0.15) is 18.9 Å². The van der Waals surface area contributed by atoms with Crippen LogP contribution >= 0.6 is 0 Å². The molecule has 104 valence electrons. The van der Waals surface area contributed by atoms with E-state index in [4.69, 9.17) is 10.5 Å². The van der Waals surface area contributed by atoms with Gasteiger partial charge in [0.1, 0.15) is 5.75 Å². The van der Waals surface area contributed by atoms with Crippen molar-refractivity contribution in [2.75, 3.05) is 20.2 Å². The molecule has 2 rings (SSSR count). The van der Waals surface area contributed by atoms with Crippen molar-refractivity contribution < 1.29 is 9.53 Å². The fraction of sp³-hybridized carbons (Fsp3) is 0.533. The summed E-state index contributed by atoms with van der Waals surface area (Å²) in [4.78, 5) is 14.2. The Morgan fingerprint density at radius 3 is 2.68 bits per heavy atom. The third-order valence-electron chi connectivity index (χ3n) is 3.84. The molecule has 0 radical (unpaired) electrons. The van der Waals surface area contributed by atoms with E-state index >= 15 is 0 Å². The predicted octanol–water partition coefficient (Wildman–Crippen LogP) is 1.43. The van der Waals surface area contributed by atoms with Gasteiger partial charge in [0.15, 0.2) is 0 Å². The van der Waals surface area contributed by atoms with E-state index < -0.39 is 0 Å². The number of ether oxygens (including phenoxy) is 1. The van der Waals surface area contributed by atoms with Gasteiger partial charge in [0.2, 0.25) is 5.91 Å². The molecule has 1 aromatic rings. The largest absolute Gasteiger partial charge is 0.497 e. The van der Waals surface area contributed by atoms with Gasteiger partial charge in [0.05, 0.1) is 13.5 Å². The standard InChI is InChI=1S/C15H22N2O2/c1-11-10-17(8-7-14(11)16)15(18)9-12-3-5-13(19-2)6-4-12/h3-6,11,14H,7-10,16H2,1-2H3. The number of nitrogens with two attached hydrogens (primary N) is 1. The lowest BCUT2D eigenvalue weighted by molar-refractivity contribution is -0.132. The van der Waals surface area contributed by atoms with Gasteiger partial charge in [-0.15, -0.1) is 0 Å². The minimum absolute atomic E-state index is 0.184. The van der Waals surface area contributed by atoms with Crippen molar-refractivity contribution in [1.82, 2.24) is 4.90 Å². The summed E-state index contributed by atoms with van der Waals surface area (Å²) >= 11 is 0. The number of carbonyl (C=O) groups is 1. The van der Waals surface area contributed by atoms with Crippen LogP contribution in [0.15, 0.2) is 24.3 Å². The molecule has 4 nitrogen and oxygen atoms in total. The monoisotopic (exact) mass is 262 g/mol. The molecule has 1 aromatic carbocycles. The minimum Gasteiger partial charge on any atom is -0.497 e. The topological polar surface area (TPSA) is 55.6 Å². The Hall–Kier alpha value is -1.55. The van der Waals surface area contributed by atoms with E-state index in [1.165, 1.54) is 0 Å². The summed E-state index contributed by atoms with van der Waals surface area (Å²) in [7, 11) is 1.64. The lowest BCUT2D eigenvalue weighted by atomic mass is 9.94. The molecule has 0 aliphatic carbocycles. The number of hydrogen-bond acceptors (Lipinski definition) is 3. The summed E-state index contributed by atoms with van der Waals surface area (Å²) < 4.78 is 5.11. The van der Waals surface area contributed by atoms with Crippen molar-refractivity contribution in [1.29, 1.82) is 0 Å². The predicted molar refractivity (Wildman–Crippen MR) is 75.0 cm³/mol. The quantitative estimate of drug-likeness (QED) is 0.896. The second-order valence-corrected chi connectivity index (χ2v) is 5.29. The summed E-state index contributed by atoms with van der Waals surface area (Å²) in [5, 5.41) is 0. The molecule has 0 saturated carbocycles. The number of amides is 1. The highest BCUT2D eigenvalue weighted by molar-refractivity contribution is 5.79. The van der Waals surface area contributed by atoms with Crippen LogP contribution in [-0.4, -0.2) is 37.0 Å². The van der Waals surface area contributed by atoms with Crippen LogP contribution in [0.4, 0.5) is 0 Å². The number of benzene rings is 1. The molecule has 1 aliphatic heterocycles. The minimum atomic E-state index is 0.184. The zero-order valence-electron chi connectivity index (χ0n) is 11.6. The van der Waals surface area contributed by atoms with Crippen molar-refractivity contribution in [3.05, 3.63) is 29.8 Å². The first kappa shape index (κ1) is 13.9. The van der Waals surface area contributed by atoms with Crippen LogP contribution in [0, 0.1) is 5.92 Å². The SMILES string of the molecule is COc1ccc(CC(=O)N2CCC(N)C(C)C2)cc1. The molecule has 1 amide bonds. The molecule has 2 N–H and O–H groups in total. The van der Waals surface area contributed by atoms with Crippen LogP contribution in [0.3, 0.4) is 0 Å². The van der Waals surface area contributed by atoms with E-state index in [9.17, 15) is 4.79 Å². The number of nitrogens with zero attached hydrogens (tertiary/aromatic N) is 1. The fourth-order valence-corrected chi connectivity index (χ4v) is 2.42. The first-order chi connectivity index (χ1) is 9.10. The van der Waals surface area contributed by atoms with Gasteiger partial charge in [-0.25, -0.2) is 0 Å². The molecule has 1 saturated heterocycles. The zero-order chi connectivity index (χ0) is 13.8. The van der Waals surface area contributed by atoms with Gasteiger partial charge in [-0.3, -0.25) is 4.79 Å². The van der Waals surface area contributed by atoms with Gasteiger partial charge < -0.3 is 15.4 Å². The molecule has 0 aromatic heterocycles. The molecular formula is C15H22N2O2. The van der Waals surface area contributed by atoms with Crippen LogP contribution in [0.2, 0.25) is 0 Å². The number of rotatable bonds is 3. The summed E-state index contributed by atoms with van der Waals surface area (Å²) in [6.45, 7) is 3.66. The molecule has 0 bridgehead atoms. The number of piperidine rings is 1. The molecule has 4 heteroatoms. The van der Waals surface area contributed by atoms with Crippen molar-refractivity contribution in [3.63, 3.8) is 0 Å². The maximum absolute atomic E-state index is 12.2. The normalized spacial score (nSPS) is 23.2. The first-order valence-electron chi connectivity index (χ1n) is 6.76. The highest BCUT2D eigenvalue weighted by atomic mass is 16.5. The van der Waals surface area contributed by atoms with E-state index in [0.29, 0.717) is 12.3 Å². The van der Waals surface area contributed by atoms with E-state index in [2.05, 4.69) is 6.92 Å². The fourth-order valence-electron chi connectivity index (χ4n) is 2.42. The van der Waals surface area contributed by atoms with Crippen molar-refractivity contribution in [3.8, 4) is 5.75 Å². The summed E-state index contributed by atoms with van der Waals surface area (Å²) in [5.41, 5.74) is 6.99. The second-order valence-electron chi connectivity index (χ2n) is 5.29. The van der Waals surface area contributed by atoms with E-state index in [0.717, 1.165) is 30.8 Å². The average molecular weight is 262 g/mol. The Morgan fingerprint density at radius 1 is 1.42 bits per heavy atom. The Bertz CT molecular complexity index is 430. The molecule has 1 heterocycles. The lowest BCUT2D eigenvalue weighted by Gasteiger charge is -2.35. The highest BCUT2D eigenvalue weighted by Crippen LogP contribution is 2.17. The number of likely N-dealkylation sites (tertiary alicyclic amines) is 1. The Balaban J connectivity index is 1.93. The van der Waals surface area contributed by atoms with Crippen molar-refractivity contribution >= 4 is 5.91 Å². The average Bonchev–Trinajstić information content (AvgIpc) is 2.42. The van der Waals surface area contributed by atoms with Gasteiger partial charge in [-0.2, -0.15) is 0 Å². The molecule has 2 unspecified atom stereocenters. The maximum atomic E-state index is 12.2. The van der Waals surface area contributed by atoms with Gasteiger partial charge in [-0.05, 0) is 30.0 Å². The highest BCUT2D eigenvalue weighted by Gasteiger charge is 2.25. The van der Waals surface area contributed by atoms with E-state index in [1.54, 1.807) is 7.11 Å². The summed E-state index contributed by atoms with van der Waals surface area (Å²) in [6, 6.07) is 7.88. The van der Waals surface area contributed by atoms with Crippen molar-refractivity contribution in [2.45, 2.75) is 25.8 Å². The Kier molecular flexibility index (Phi) is 4.43. The van der Waals surface area contributed by atoms with E-state index in [1.807, 2.05) is 29.2 Å². The van der Waals surface area contributed by atoms with Gasteiger partial charge >= 0.3 is 0 Å². The Labute approximate surface area is 114 Å². The number of carbonyl (C=O) groups excluding carboxylic acids is 1. The third kappa shape index (κ3) is 3.47. The first-order valence-corrected chi connectivity index (χ1v) is 6.76. The second kappa shape index (κ2) is 6.06. The molecule has 2 atom stereocenters. The van der Waals surface area contributed by atoms with Crippen LogP contribution in [0.25, 0.3) is 0 Å². The van der Waals surface area contributed by atoms with Crippen LogP contribution in [0.5, 0.6) is 5.75 Å². The zero-order valence-corrected chi connectivity index (χ0v) is 11.6. The van der Waals surface area contributed by atoms with Crippen LogP contribution < -0.4 is 10.5 Å². The molecule has 0 spiro atoms. The van der Waals surface area contributed by atoms with Crippen molar-refractivity contribution in [2.24, 2.45) is 11.7 Å². The molecule has 1 fully saturated rings. The Morgan fingerprint density at radius 2 is 2.11 bits per heavy atom. The third-order valence-corrected chi connectivity index (χ3v) is 3.84. The van der Waals surface area contributed by atoms with Gasteiger partial charge in [-0.1, -0.05) is 19.1 Å². The van der Waals surface area contributed by atoms with Crippen LogP contribution in [-0.2, 0) is 11.2 Å². The molecule has 1 aliphatic rings. The maximum Gasteiger partial charge on any atom is 0.227 e. The number of hydrogen-bond donors (Lipinski definition) is 1. The lowest BCUT2D eigenvalue weighted by Crippen LogP contribution is -2.48. The summed E-state index contributed by atoms with van der Waals surface area (Å²) in [6.07, 6.45) is 1.35.